The van der Waals surface area contributed by atoms with Crippen LogP contribution in [0, 0.1) is 0 Å². The van der Waals surface area contributed by atoms with Crippen LogP contribution in [0.3, 0.4) is 0 Å². The van der Waals surface area contributed by atoms with Crippen LogP contribution < -0.4 is 5.32 Å². The van der Waals surface area contributed by atoms with Crippen molar-refractivity contribution < 1.29 is 19.4 Å². The summed E-state index contributed by atoms with van der Waals surface area (Å²) >= 11 is 1.31. The molecule has 0 bridgehead atoms. The van der Waals surface area contributed by atoms with Gasteiger partial charge in [0.1, 0.15) is 16.2 Å². The highest BCUT2D eigenvalue weighted by Gasteiger charge is 2.42. The molecule has 1 aliphatic rings. The average Bonchev–Trinajstić information content (AvgIpc) is 3.39. The third kappa shape index (κ3) is 3.54. The Labute approximate surface area is 164 Å². The van der Waals surface area contributed by atoms with Crippen LogP contribution in [0.4, 0.5) is 0 Å². The van der Waals surface area contributed by atoms with Crippen molar-refractivity contribution in [1.29, 1.82) is 0 Å². The molecule has 0 aliphatic carbocycles. The number of ether oxygens (including phenoxy) is 1. The SMILES string of the molecule is O=C(NC1(C(=O)O)CCOCC1)c1csc(-c2cnn(-c3ccccc3)c2)n1. The molecule has 0 atom stereocenters. The normalized spacial score (nSPS) is 15.9. The number of nitrogens with one attached hydrogen (secondary N) is 1. The number of carboxylic acid groups (broad SMARTS) is 1. The number of hydrogen-bond donors (Lipinski definition) is 2. The molecule has 8 nitrogen and oxygen atoms in total. The third-order valence-corrected chi connectivity index (χ3v) is 5.59. The third-order valence-electron chi connectivity index (χ3n) is 4.70. The van der Waals surface area contributed by atoms with E-state index in [1.807, 2.05) is 36.5 Å². The van der Waals surface area contributed by atoms with Crippen LogP contribution in [0.2, 0.25) is 0 Å². The van der Waals surface area contributed by atoms with Crippen molar-refractivity contribution in [2.45, 2.75) is 18.4 Å². The lowest BCUT2D eigenvalue weighted by Gasteiger charge is -2.33. The van der Waals surface area contributed by atoms with Gasteiger partial charge in [-0.05, 0) is 12.1 Å². The van der Waals surface area contributed by atoms with Crippen molar-refractivity contribution in [3.05, 3.63) is 53.8 Å². The molecular formula is C19H18N4O4S. The molecule has 144 valence electrons. The molecule has 9 heteroatoms. The highest BCUT2D eigenvalue weighted by Crippen LogP contribution is 2.26. The van der Waals surface area contributed by atoms with E-state index >= 15 is 0 Å². The van der Waals surface area contributed by atoms with E-state index in [9.17, 15) is 14.7 Å². The first-order chi connectivity index (χ1) is 13.6. The quantitative estimate of drug-likeness (QED) is 0.683. The number of amides is 1. The summed E-state index contributed by atoms with van der Waals surface area (Å²) in [5, 5.41) is 18.8. The Balaban J connectivity index is 1.52. The van der Waals surface area contributed by atoms with Gasteiger partial charge < -0.3 is 15.2 Å². The fraction of sp³-hybridized carbons (Fsp3) is 0.263. The minimum atomic E-state index is -1.31. The second kappa shape index (κ2) is 7.53. The maximum Gasteiger partial charge on any atom is 0.329 e. The van der Waals surface area contributed by atoms with Crippen LogP contribution in [0.25, 0.3) is 16.3 Å². The average molecular weight is 398 g/mol. The van der Waals surface area contributed by atoms with Crippen molar-refractivity contribution in [2.75, 3.05) is 13.2 Å². The second-order valence-electron chi connectivity index (χ2n) is 6.50. The zero-order valence-corrected chi connectivity index (χ0v) is 15.7. The van der Waals surface area contributed by atoms with E-state index in [2.05, 4.69) is 15.4 Å². The van der Waals surface area contributed by atoms with Gasteiger partial charge in [0, 0.05) is 43.2 Å². The van der Waals surface area contributed by atoms with Gasteiger partial charge in [-0.3, -0.25) is 4.79 Å². The number of nitrogens with zero attached hydrogens (tertiary/aromatic N) is 3. The van der Waals surface area contributed by atoms with Gasteiger partial charge in [0.25, 0.3) is 5.91 Å². The minimum absolute atomic E-state index is 0.194. The maximum absolute atomic E-state index is 12.6. The molecule has 1 amide bonds. The van der Waals surface area contributed by atoms with Gasteiger partial charge in [0.2, 0.25) is 0 Å². The van der Waals surface area contributed by atoms with E-state index in [1.165, 1.54) is 11.3 Å². The molecule has 28 heavy (non-hydrogen) atoms. The molecule has 4 rings (SSSR count). The van der Waals surface area contributed by atoms with Gasteiger partial charge in [-0.1, -0.05) is 18.2 Å². The zero-order valence-electron chi connectivity index (χ0n) is 14.9. The number of aromatic nitrogens is 3. The molecule has 1 saturated heterocycles. The molecule has 0 saturated carbocycles. The summed E-state index contributed by atoms with van der Waals surface area (Å²) in [4.78, 5) is 28.7. The summed E-state index contributed by atoms with van der Waals surface area (Å²) in [5.41, 5.74) is 0.592. The van der Waals surface area contributed by atoms with Crippen molar-refractivity contribution in [2.24, 2.45) is 0 Å². The molecule has 2 N–H and O–H groups in total. The van der Waals surface area contributed by atoms with E-state index in [0.717, 1.165) is 11.3 Å². The maximum atomic E-state index is 12.6. The number of aliphatic carboxylic acids is 1. The molecule has 0 unspecified atom stereocenters. The van der Waals surface area contributed by atoms with Crippen LogP contribution in [0.5, 0.6) is 0 Å². The van der Waals surface area contributed by atoms with Crippen molar-refractivity contribution in [3.63, 3.8) is 0 Å². The largest absolute Gasteiger partial charge is 0.480 e. The highest BCUT2D eigenvalue weighted by molar-refractivity contribution is 7.13. The Morgan fingerprint density at radius 3 is 2.68 bits per heavy atom. The Morgan fingerprint density at radius 2 is 1.96 bits per heavy atom. The molecule has 1 aromatic carbocycles. The summed E-state index contributed by atoms with van der Waals surface area (Å²) < 4.78 is 6.96. The lowest BCUT2D eigenvalue weighted by molar-refractivity contribution is -0.148. The number of para-hydroxylation sites is 1. The van der Waals surface area contributed by atoms with Gasteiger partial charge in [0.15, 0.2) is 0 Å². The first-order valence-electron chi connectivity index (χ1n) is 8.77. The minimum Gasteiger partial charge on any atom is -0.480 e. The van der Waals surface area contributed by atoms with Crippen molar-refractivity contribution >= 4 is 23.2 Å². The van der Waals surface area contributed by atoms with E-state index in [4.69, 9.17) is 4.74 Å². The Kier molecular flexibility index (Phi) is 4.93. The number of thiazole rings is 1. The topological polar surface area (TPSA) is 106 Å². The summed E-state index contributed by atoms with van der Waals surface area (Å²) in [7, 11) is 0. The second-order valence-corrected chi connectivity index (χ2v) is 7.36. The first kappa shape index (κ1) is 18.3. The summed E-state index contributed by atoms with van der Waals surface area (Å²) in [6.07, 6.45) is 3.99. The van der Waals surface area contributed by atoms with E-state index in [-0.39, 0.29) is 18.5 Å². The van der Waals surface area contributed by atoms with Gasteiger partial charge in [-0.2, -0.15) is 5.10 Å². The van der Waals surface area contributed by atoms with E-state index in [1.54, 1.807) is 16.3 Å². The Bertz CT molecular complexity index is 992. The predicted molar refractivity (Wildman–Crippen MR) is 103 cm³/mol. The summed E-state index contributed by atoms with van der Waals surface area (Å²) in [5.74, 6) is -1.55. The zero-order chi connectivity index (χ0) is 19.6. The summed E-state index contributed by atoms with van der Waals surface area (Å²) in [6.45, 7) is 0.598. The molecule has 3 aromatic rings. The van der Waals surface area contributed by atoms with Gasteiger partial charge in [0.05, 0.1) is 11.9 Å². The monoisotopic (exact) mass is 398 g/mol. The molecule has 3 heterocycles. The lowest BCUT2D eigenvalue weighted by Crippen LogP contribution is -2.57. The molecular weight excluding hydrogens is 380 g/mol. The summed E-state index contributed by atoms with van der Waals surface area (Å²) in [6, 6.07) is 9.67. The number of carbonyl (C=O) groups excluding carboxylic acids is 1. The van der Waals surface area contributed by atoms with Crippen LogP contribution in [-0.4, -0.2) is 50.5 Å². The standard InChI is InChI=1S/C19H18N4O4S/c24-16(22-19(18(25)26)6-8-27-9-7-19)15-12-28-17(21-15)13-10-20-23(11-13)14-4-2-1-3-5-14/h1-5,10-12H,6-9H2,(H,22,24)(H,25,26). The van der Waals surface area contributed by atoms with Crippen molar-refractivity contribution in [1.82, 2.24) is 20.1 Å². The van der Waals surface area contributed by atoms with Crippen LogP contribution in [-0.2, 0) is 9.53 Å². The Morgan fingerprint density at radius 1 is 1.21 bits per heavy atom. The van der Waals surface area contributed by atoms with Gasteiger partial charge in [-0.25, -0.2) is 14.5 Å². The van der Waals surface area contributed by atoms with Crippen molar-refractivity contribution in [3.8, 4) is 16.3 Å². The smallest absolute Gasteiger partial charge is 0.329 e. The van der Waals surface area contributed by atoms with Crippen LogP contribution in [0.15, 0.2) is 48.1 Å². The van der Waals surface area contributed by atoms with Gasteiger partial charge in [-0.15, -0.1) is 11.3 Å². The van der Waals surface area contributed by atoms with E-state index in [0.29, 0.717) is 18.2 Å². The molecule has 0 radical (unpaired) electrons. The molecule has 1 fully saturated rings. The Hall–Kier alpha value is -3.04. The molecule has 1 aliphatic heterocycles. The predicted octanol–water partition coefficient (Wildman–Crippen LogP) is 2.36. The highest BCUT2D eigenvalue weighted by atomic mass is 32.1. The van der Waals surface area contributed by atoms with E-state index < -0.39 is 17.4 Å². The fourth-order valence-corrected chi connectivity index (χ4v) is 3.83. The first-order valence-corrected chi connectivity index (χ1v) is 9.65. The lowest BCUT2D eigenvalue weighted by atomic mass is 9.90. The van der Waals surface area contributed by atoms with Crippen LogP contribution >= 0.6 is 11.3 Å². The number of hydrogen-bond acceptors (Lipinski definition) is 6. The number of rotatable bonds is 5. The van der Waals surface area contributed by atoms with Gasteiger partial charge >= 0.3 is 5.97 Å². The molecule has 2 aromatic heterocycles. The fourth-order valence-electron chi connectivity index (χ4n) is 3.06. The molecule has 0 spiro atoms. The van der Waals surface area contributed by atoms with Crippen LogP contribution in [0.1, 0.15) is 23.3 Å². The number of benzene rings is 1. The number of carbonyl (C=O) groups is 2. The number of carboxylic acids is 1.